The topological polar surface area (TPSA) is 70.1 Å². The molecule has 5 rings (SSSR count). The van der Waals surface area contributed by atoms with E-state index < -0.39 is 17.7 Å². The molecule has 1 fully saturated rings. The highest BCUT2D eigenvalue weighted by atomic mass is 32.1. The smallest absolute Gasteiger partial charge is 0.295 e. The Balaban J connectivity index is 1.66. The van der Waals surface area contributed by atoms with Gasteiger partial charge in [-0.05, 0) is 47.7 Å². The molecule has 0 spiro atoms. The number of thiophene rings is 1. The van der Waals surface area contributed by atoms with Crippen molar-refractivity contribution in [1.29, 1.82) is 0 Å². The molecular weight excluding hydrogens is 436 g/mol. The summed E-state index contributed by atoms with van der Waals surface area (Å²) in [5.41, 5.74) is 3.22. The molecule has 1 N–H and O–H groups in total. The van der Waals surface area contributed by atoms with Crippen molar-refractivity contribution in [2.45, 2.75) is 19.5 Å². The van der Waals surface area contributed by atoms with Crippen LogP contribution in [0.3, 0.4) is 0 Å². The van der Waals surface area contributed by atoms with Gasteiger partial charge in [-0.3, -0.25) is 9.59 Å². The Morgan fingerprint density at radius 3 is 2.73 bits per heavy atom. The zero-order chi connectivity index (χ0) is 23.1. The van der Waals surface area contributed by atoms with Gasteiger partial charge in [0.15, 0.2) is 0 Å². The van der Waals surface area contributed by atoms with E-state index >= 15 is 0 Å². The third-order valence-electron chi connectivity index (χ3n) is 6.26. The summed E-state index contributed by atoms with van der Waals surface area (Å²) in [4.78, 5) is 31.0. The van der Waals surface area contributed by atoms with Gasteiger partial charge in [0.25, 0.3) is 11.7 Å². The van der Waals surface area contributed by atoms with E-state index in [1.165, 1.54) is 11.3 Å². The highest BCUT2D eigenvalue weighted by Crippen LogP contribution is 2.42. The number of benzene rings is 2. The highest BCUT2D eigenvalue weighted by molar-refractivity contribution is 7.09. The molecular formula is C26H24N2O4S. The number of aryl methyl sites for hydroxylation is 1. The minimum absolute atomic E-state index is 0.116. The van der Waals surface area contributed by atoms with Crippen LogP contribution >= 0.6 is 11.3 Å². The number of likely N-dealkylation sites (tertiary alicyclic amines) is 1. The van der Waals surface area contributed by atoms with Crippen LogP contribution in [0.5, 0.6) is 5.75 Å². The van der Waals surface area contributed by atoms with Gasteiger partial charge >= 0.3 is 0 Å². The average Bonchev–Trinajstić information content (AvgIpc) is 3.42. The lowest BCUT2D eigenvalue weighted by atomic mass is 9.92. The fraction of sp³-hybridized carbons (Fsp3) is 0.231. The summed E-state index contributed by atoms with van der Waals surface area (Å²) in [6, 6.07) is 16.2. The van der Waals surface area contributed by atoms with Crippen LogP contribution in [0, 0.1) is 6.92 Å². The maximum absolute atomic E-state index is 13.3. The lowest BCUT2D eigenvalue weighted by Gasteiger charge is -2.28. The molecule has 1 saturated heterocycles. The Morgan fingerprint density at radius 2 is 1.97 bits per heavy atom. The number of ether oxygens (including phenoxy) is 1. The normalized spacial score (nSPS) is 19.5. The number of carbonyl (C=O) groups is 2. The van der Waals surface area contributed by atoms with Crippen LogP contribution in [0.2, 0.25) is 0 Å². The molecule has 2 aromatic carbocycles. The molecule has 1 atom stereocenters. The summed E-state index contributed by atoms with van der Waals surface area (Å²) in [6.45, 7) is 3.58. The van der Waals surface area contributed by atoms with Crippen LogP contribution < -0.4 is 9.64 Å². The molecule has 3 heterocycles. The van der Waals surface area contributed by atoms with Gasteiger partial charge in [-0.2, -0.15) is 0 Å². The van der Waals surface area contributed by atoms with Gasteiger partial charge in [-0.1, -0.05) is 30.3 Å². The number of Topliss-reactive ketones (excluding diaryl/α,β-unsaturated/α-hetero) is 1. The van der Waals surface area contributed by atoms with Crippen LogP contribution in [-0.2, 0) is 16.1 Å². The van der Waals surface area contributed by atoms with Crippen LogP contribution in [0.4, 0.5) is 5.69 Å². The fourth-order valence-electron chi connectivity index (χ4n) is 4.48. The number of ketones is 1. The second-order valence-corrected chi connectivity index (χ2v) is 9.35. The number of nitrogens with zero attached hydrogens (tertiary/aromatic N) is 2. The van der Waals surface area contributed by atoms with E-state index in [2.05, 4.69) is 0 Å². The van der Waals surface area contributed by atoms with Crippen molar-refractivity contribution >= 4 is 34.5 Å². The second kappa shape index (κ2) is 8.41. The fourth-order valence-corrected chi connectivity index (χ4v) is 5.19. The Hall–Kier alpha value is -3.58. The monoisotopic (exact) mass is 460 g/mol. The van der Waals surface area contributed by atoms with Crippen molar-refractivity contribution in [2.75, 3.05) is 25.1 Å². The predicted octanol–water partition coefficient (Wildman–Crippen LogP) is 4.51. The zero-order valence-electron chi connectivity index (χ0n) is 18.4. The van der Waals surface area contributed by atoms with Gasteiger partial charge in [-0.15, -0.1) is 11.3 Å². The summed E-state index contributed by atoms with van der Waals surface area (Å²) < 4.78 is 5.71. The number of rotatable bonds is 4. The van der Waals surface area contributed by atoms with Crippen molar-refractivity contribution < 1.29 is 19.4 Å². The van der Waals surface area contributed by atoms with Gasteiger partial charge in [0.05, 0.1) is 30.4 Å². The van der Waals surface area contributed by atoms with Crippen LogP contribution in [0.25, 0.3) is 5.76 Å². The summed E-state index contributed by atoms with van der Waals surface area (Å²) in [5.74, 6) is -0.706. The summed E-state index contributed by atoms with van der Waals surface area (Å²) in [5, 5.41) is 13.3. The first-order valence-electron chi connectivity index (χ1n) is 10.8. The Morgan fingerprint density at radius 1 is 1.15 bits per heavy atom. The molecule has 2 aliphatic heterocycles. The van der Waals surface area contributed by atoms with Gasteiger partial charge in [0.1, 0.15) is 18.1 Å². The Bertz CT molecular complexity index is 1270. The third-order valence-corrected chi connectivity index (χ3v) is 7.12. The molecule has 1 amide bonds. The minimum atomic E-state index is -0.668. The standard InChI is InChI=1S/C26H24N2O4S/c1-16-6-3-4-8-19(16)23-22(25(30)26(31)28(23)15-18-7-5-13-33-18)24(29)17-9-10-21-20(14-17)27(2)11-12-32-21/h3-10,13-14,23,29H,11-12,15H2,1-2H3/b24-22+. The first-order valence-corrected chi connectivity index (χ1v) is 11.7. The number of fused-ring (bicyclic) bond motifs is 1. The predicted molar refractivity (Wildman–Crippen MR) is 129 cm³/mol. The maximum Gasteiger partial charge on any atom is 0.295 e. The van der Waals surface area contributed by atoms with Gasteiger partial charge in [0.2, 0.25) is 0 Å². The van der Waals surface area contributed by atoms with Gasteiger partial charge < -0.3 is 19.6 Å². The lowest BCUT2D eigenvalue weighted by molar-refractivity contribution is -0.140. The molecule has 1 aromatic heterocycles. The number of aliphatic hydroxyl groups excluding tert-OH is 1. The minimum Gasteiger partial charge on any atom is -0.507 e. The highest BCUT2D eigenvalue weighted by Gasteiger charge is 2.46. The van der Waals surface area contributed by atoms with Crippen LogP contribution in [0.15, 0.2) is 65.6 Å². The molecule has 0 radical (unpaired) electrons. The molecule has 33 heavy (non-hydrogen) atoms. The van der Waals surface area contributed by atoms with Gasteiger partial charge in [0, 0.05) is 17.5 Å². The number of aliphatic hydroxyl groups is 1. The number of hydrogen-bond donors (Lipinski definition) is 1. The SMILES string of the molecule is Cc1ccccc1C1/C(=C(\O)c2ccc3c(c2)N(C)CCO3)C(=O)C(=O)N1Cc1cccs1. The maximum atomic E-state index is 13.3. The van der Waals surface area contributed by atoms with Crippen molar-refractivity contribution in [1.82, 2.24) is 4.90 Å². The third kappa shape index (κ3) is 3.68. The van der Waals surface area contributed by atoms with E-state index in [-0.39, 0.29) is 11.3 Å². The van der Waals surface area contributed by atoms with E-state index in [1.54, 1.807) is 17.0 Å². The number of anilines is 1. The first-order chi connectivity index (χ1) is 16.0. The summed E-state index contributed by atoms with van der Waals surface area (Å²) >= 11 is 1.53. The lowest BCUT2D eigenvalue weighted by Crippen LogP contribution is -2.29. The molecule has 3 aromatic rings. The molecule has 0 saturated carbocycles. The van der Waals surface area contributed by atoms with E-state index in [1.807, 2.05) is 66.7 Å². The molecule has 2 aliphatic rings. The number of carbonyl (C=O) groups excluding carboxylic acids is 2. The summed E-state index contributed by atoms with van der Waals surface area (Å²) in [7, 11) is 1.96. The number of amides is 1. The first kappa shape index (κ1) is 21.3. The van der Waals surface area contributed by atoms with E-state index in [9.17, 15) is 14.7 Å². The molecule has 6 nitrogen and oxygen atoms in total. The number of likely N-dealkylation sites (N-methyl/N-ethyl adjacent to an activating group) is 1. The van der Waals surface area contributed by atoms with Crippen molar-refractivity contribution in [3.05, 3.63) is 87.1 Å². The van der Waals surface area contributed by atoms with Crippen LogP contribution in [0.1, 0.15) is 27.6 Å². The Labute approximate surface area is 196 Å². The van der Waals surface area contributed by atoms with Crippen molar-refractivity contribution in [3.8, 4) is 5.75 Å². The van der Waals surface area contributed by atoms with Crippen molar-refractivity contribution in [2.24, 2.45) is 0 Å². The van der Waals surface area contributed by atoms with E-state index in [0.29, 0.717) is 18.7 Å². The van der Waals surface area contributed by atoms with E-state index in [0.717, 1.165) is 34.0 Å². The average molecular weight is 461 g/mol. The molecule has 7 heteroatoms. The Kier molecular flexibility index (Phi) is 5.42. The van der Waals surface area contributed by atoms with E-state index in [4.69, 9.17) is 4.74 Å². The zero-order valence-corrected chi connectivity index (χ0v) is 19.3. The second-order valence-electron chi connectivity index (χ2n) is 8.32. The molecule has 1 unspecified atom stereocenters. The van der Waals surface area contributed by atoms with Crippen LogP contribution in [-0.4, -0.2) is 41.9 Å². The molecule has 0 bridgehead atoms. The van der Waals surface area contributed by atoms with Crippen molar-refractivity contribution in [3.63, 3.8) is 0 Å². The summed E-state index contributed by atoms with van der Waals surface area (Å²) in [6.07, 6.45) is 0. The molecule has 0 aliphatic carbocycles. The molecule has 168 valence electrons. The largest absolute Gasteiger partial charge is 0.507 e. The van der Waals surface area contributed by atoms with Gasteiger partial charge in [-0.25, -0.2) is 0 Å². The number of hydrogen-bond acceptors (Lipinski definition) is 6. The quantitative estimate of drug-likeness (QED) is 0.353.